The van der Waals surface area contributed by atoms with Gasteiger partial charge in [0.2, 0.25) is 0 Å². The Labute approximate surface area is 120 Å². The summed E-state index contributed by atoms with van der Waals surface area (Å²) < 4.78 is 1.83. The van der Waals surface area contributed by atoms with Gasteiger partial charge in [0.05, 0.1) is 5.69 Å². The zero-order chi connectivity index (χ0) is 14.4. The second-order valence-corrected chi connectivity index (χ2v) is 5.36. The van der Waals surface area contributed by atoms with Gasteiger partial charge < -0.3 is 5.32 Å². The molecule has 0 saturated heterocycles. The van der Waals surface area contributed by atoms with Crippen LogP contribution in [-0.2, 0) is 6.42 Å². The van der Waals surface area contributed by atoms with E-state index >= 15 is 0 Å². The van der Waals surface area contributed by atoms with Crippen molar-refractivity contribution in [1.29, 1.82) is 0 Å². The van der Waals surface area contributed by atoms with Gasteiger partial charge in [0, 0.05) is 6.42 Å². The number of hydrogen-bond donors (Lipinski definition) is 1. The van der Waals surface area contributed by atoms with Gasteiger partial charge in [-0.15, -0.1) is 5.10 Å². The van der Waals surface area contributed by atoms with Gasteiger partial charge in [-0.2, -0.15) is 4.68 Å². The van der Waals surface area contributed by atoms with Gasteiger partial charge >= 0.3 is 0 Å². The minimum atomic E-state index is 0.531. The molecular weight excluding hydrogens is 250 g/mol. The highest BCUT2D eigenvalue weighted by molar-refractivity contribution is 5.30. The summed E-state index contributed by atoms with van der Waals surface area (Å²) in [5.74, 6) is 2.05. The average Bonchev–Trinajstić information content (AvgIpc) is 2.92. The van der Waals surface area contributed by atoms with Gasteiger partial charge in [-0.3, -0.25) is 0 Å². The minimum absolute atomic E-state index is 0.531. The van der Waals surface area contributed by atoms with E-state index in [1.807, 2.05) is 35.0 Å². The first kappa shape index (κ1) is 14.7. The van der Waals surface area contributed by atoms with Gasteiger partial charge in [0.25, 0.3) is 0 Å². The standard InChI is InChI=1S/C15H23N5/c1-4-16-11-13(12(2)3)10-15-17-18-19-20(15)14-8-6-5-7-9-14/h5-9,12-13,16H,4,10-11H2,1-3H3. The monoisotopic (exact) mass is 273 g/mol. The Kier molecular flexibility index (Phi) is 5.24. The summed E-state index contributed by atoms with van der Waals surface area (Å²) in [6.07, 6.45) is 0.882. The molecule has 0 aliphatic carbocycles. The normalized spacial score (nSPS) is 12.8. The fraction of sp³-hybridized carbons (Fsp3) is 0.533. The molecule has 5 heteroatoms. The summed E-state index contributed by atoms with van der Waals surface area (Å²) in [4.78, 5) is 0. The van der Waals surface area contributed by atoms with Gasteiger partial charge in [0.1, 0.15) is 0 Å². The lowest BCUT2D eigenvalue weighted by molar-refractivity contribution is 0.355. The Bertz CT molecular complexity index is 506. The first-order valence-corrected chi connectivity index (χ1v) is 7.25. The van der Waals surface area contributed by atoms with E-state index < -0.39 is 0 Å². The molecule has 0 fully saturated rings. The maximum atomic E-state index is 4.20. The average molecular weight is 273 g/mol. The largest absolute Gasteiger partial charge is 0.317 e. The number of tetrazole rings is 1. The molecule has 0 spiro atoms. The quantitative estimate of drug-likeness (QED) is 0.839. The number of nitrogens with zero attached hydrogens (tertiary/aromatic N) is 4. The van der Waals surface area contributed by atoms with Crippen molar-refractivity contribution in [2.75, 3.05) is 13.1 Å². The van der Waals surface area contributed by atoms with Crippen LogP contribution in [0.3, 0.4) is 0 Å². The van der Waals surface area contributed by atoms with E-state index in [2.05, 4.69) is 41.6 Å². The molecular formula is C15H23N5. The highest BCUT2D eigenvalue weighted by atomic mass is 15.5. The molecule has 1 N–H and O–H groups in total. The van der Waals surface area contributed by atoms with Crippen LogP contribution < -0.4 is 5.32 Å². The molecule has 0 bridgehead atoms. The van der Waals surface area contributed by atoms with E-state index in [4.69, 9.17) is 0 Å². The summed E-state index contributed by atoms with van der Waals surface area (Å²) in [5.41, 5.74) is 1.01. The molecule has 0 saturated carbocycles. The third kappa shape index (κ3) is 3.63. The molecule has 0 aliphatic rings. The number of rotatable bonds is 7. The van der Waals surface area contributed by atoms with Gasteiger partial charge in [-0.05, 0) is 47.5 Å². The topological polar surface area (TPSA) is 55.6 Å². The van der Waals surface area contributed by atoms with Gasteiger partial charge in [-0.1, -0.05) is 39.0 Å². The second kappa shape index (κ2) is 7.14. The number of para-hydroxylation sites is 1. The Morgan fingerprint density at radius 3 is 2.60 bits per heavy atom. The third-order valence-corrected chi connectivity index (χ3v) is 3.58. The zero-order valence-corrected chi connectivity index (χ0v) is 12.5. The highest BCUT2D eigenvalue weighted by Gasteiger charge is 2.18. The lowest BCUT2D eigenvalue weighted by atomic mass is 9.92. The van der Waals surface area contributed by atoms with Crippen LogP contribution in [0, 0.1) is 11.8 Å². The Balaban J connectivity index is 2.15. The van der Waals surface area contributed by atoms with Crippen molar-refractivity contribution in [3.63, 3.8) is 0 Å². The maximum absolute atomic E-state index is 4.20. The van der Waals surface area contributed by atoms with Crippen LogP contribution in [-0.4, -0.2) is 33.3 Å². The van der Waals surface area contributed by atoms with E-state index in [0.29, 0.717) is 11.8 Å². The van der Waals surface area contributed by atoms with E-state index in [1.165, 1.54) is 0 Å². The first-order chi connectivity index (χ1) is 9.72. The molecule has 0 amide bonds. The fourth-order valence-corrected chi connectivity index (χ4v) is 2.21. The lowest BCUT2D eigenvalue weighted by Crippen LogP contribution is -2.28. The molecule has 2 rings (SSSR count). The molecule has 0 radical (unpaired) electrons. The predicted octanol–water partition coefficient (Wildman–Crippen LogP) is 2.09. The molecule has 1 heterocycles. The van der Waals surface area contributed by atoms with Gasteiger partial charge in [0.15, 0.2) is 5.82 Å². The molecule has 0 aliphatic heterocycles. The molecule has 1 aromatic heterocycles. The van der Waals surface area contributed by atoms with Crippen molar-refractivity contribution in [3.8, 4) is 5.69 Å². The Hall–Kier alpha value is -1.75. The first-order valence-electron chi connectivity index (χ1n) is 7.25. The molecule has 1 aromatic carbocycles. The van der Waals surface area contributed by atoms with Crippen LogP contribution in [0.25, 0.3) is 5.69 Å². The van der Waals surface area contributed by atoms with E-state index in [1.54, 1.807) is 0 Å². The van der Waals surface area contributed by atoms with E-state index in [0.717, 1.165) is 31.0 Å². The SMILES string of the molecule is CCNCC(Cc1nnnn1-c1ccccc1)C(C)C. The maximum Gasteiger partial charge on any atom is 0.157 e. The molecule has 108 valence electrons. The van der Waals surface area contributed by atoms with Crippen molar-refractivity contribution in [2.24, 2.45) is 11.8 Å². The molecule has 1 unspecified atom stereocenters. The van der Waals surface area contributed by atoms with Crippen LogP contribution in [0.2, 0.25) is 0 Å². The highest BCUT2D eigenvalue weighted by Crippen LogP contribution is 2.17. The summed E-state index contributed by atoms with van der Waals surface area (Å²) in [6.45, 7) is 8.62. The predicted molar refractivity (Wildman–Crippen MR) is 79.7 cm³/mol. The second-order valence-electron chi connectivity index (χ2n) is 5.36. The molecule has 5 nitrogen and oxygen atoms in total. The lowest BCUT2D eigenvalue weighted by Gasteiger charge is -2.20. The van der Waals surface area contributed by atoms with E-state index in [9.17, 15) is 0 Å². The van der Waals surface area contributed by atoms with E-state index in [-0.39, 0.29) is 0 Å². The summed E-state index contributed by atoms with van der Waals surface area (Å²) in [5, 5.41) is 15.6. The number of benzene rings is 1. The number of nitrogens with one attached hydrogen (secondary N) is 1. The van der Waals surface area contributed by atoms with Crippen molar-refractivity contribution >= 4 is 0 Å². The van der Waals surface area contributed by atoms with Crippen LogP contribution in [0.15, 0.2) is 30.3 Å². The Morgan fingerprint density at radius 2 is 1.95 bits per heavy atom. The van der Waals surface area contributed by atoms with Crippen molar-refractivity contribution in [2.45, 2.75) is 27.2 Å². The van der Waals surface area contributed by atoms with Crippen LogP contribution >= 0.6 is 0 Å². The zero-order valence-electron chi connectivity index (χ0n) is 12.5. The fourth-order valence-electron chi connectivity index (χ4n) is 2.21. The summed E-state index contributed by atoms with van der Waals surface area (Å²) >= 11 is 0. The molecule has 2 aromatic rings. The molecule has 1 atom stereocenters. The minimum Gasteiger partial charge on any atom is -0.317 e. The number of aromatic nitrogens is 4. The summed E-state index contributed by atoms with van der Waals surface area (Å²) in [6, 6.07) is 10.0. The Morgan fingerprint density at radius 1 is 1.20 bits per heavy atom. The van der Waals surface area contributed by atoms with Crippen molar-refractivity contribution < 1.29 is 0 Å². The van der Waals surface area contributed by atoms with Crippen LogP contribution in [0.5, 0.6) is 0 Å². The van der Waals surface area contributed by atoms with Crippen molar-refractivity contribution in [3.05, 3.63) is 36.2 Å². The van der Waals surface area contributed by atoms with Crippen LogP contribution in [0.4, 0.5) is 0 Å². The van der Waals surface area contributed by atoms with Gasteiger partial charge in [-0.25, -0.2) is 0 Å². The van der Waals surface area contributed by atoms with Crippen LogP contribution in [0.1, 0.15) is 26.6 Å². The number of hydrogen-bond acceptors (Lipinski definition) is 4. The molecule has 20 heavy (non-hydrogen) atoms. The summed E-state index contributed by atoms with van der Waals surface area (Å²) in [7, 11) is 0. The third-order valence-electron chi connectivity index (χ3n) is 3.58. The van der Waals surface area contributed by atoms with Crippen molar-refractivity contribution in [1.82, 2.24) is 25.5 Å². The smallest absolute Gasteiger partial charge is 0.157 e.